The Balaban J connectivity index is 1.47. The average molecular weight is 350 g/mol. The van der Waals surface area contributed by atoms with Crippen molar-refractivity contribution in [2.75, 3.05) is 0 Å². The molecule has 0 spiro atoms. The van der Waals surface area contributed by atoms with Crippen LogP contribution >= 0.6 is 0 Å². The zero-order chi connectivity index (χ0) is 18.1. The number of benzene rings is 2. The highest BCUT2D eigenvalue weighted by Gasteiger charge is 2.09. The lowest BCUT2D eigenvalue weighted by Crippen LogP contribution is -2.32. The monoisotopic (exact) mass is 350 g/mol. The molecule has 2 heterocycles. The van der Waals surface area contributed by atoms with Gasteiger partial charge >= 0.3 is 0 Å². The Hall–Kier alpha value is -3.48. The number of hydrogen-bond donors (Lipinski definition) is 2. The zero-order valence-electron chi connectivity index (χ0n) is 13.7. The van der Waals surface area contributed by atoms with Crippen LogP contribution in [0.5, 0.6) is 0 Å². The summed E-state index contributed by atoms with van der Waals surface area (Å²) in [5.74, 6) is -0.621. The summed E-state index contributed by atoms with van der Waals surface area (Å²) < 4.78 is 14.5. The average Bonchev–Trinajstić information content (AvgIpc) is 3.04. The van der Waals surface area contributed by atoms with E-state index in [2.05, 4.69) is 15.3 Å². The predicted molar refractivity (Wildman–Crippen MR) is 96.1 cm³/mol. The normalized spacial score (nSPS) is 11.1. The summed E-state index contributed by atoms with van der Waals surface area (Å²) in [7, 11) is 0. The van der Waals surface area contributed by atoms with Crippen LogP contribution < -0.4 is 10.9 Å². The van der Waals surface area contributed by atoms with Crippen molar-refractivity contribution in [3.8, 4) is 0 Å². The molecule has 0 saturated heterocycles. The van der Waals surface area contributed by atoms with E-state index in [4.69, 9.17) is 0 Å². The largest absolute Gasteiger partial charge is 0.357 e. The van der Waals surface area contributed by atoms with Crippen molar-refractivity contribution in [1.82, 2.24) is 19.9 Å². The van der Waals surface area contributed by atoms with Crippen molar-refractivity contribution < 1.29 is 9.18 Å². The Kier molecular flexibility index (Phi) is 3.96. The second kappa shape index (κ2) is 6.44. The smallest absolute Gasteiger partial charge is 0.261 e. The number of halogens is 1. The number of nitrogens with one attached hydrogen (secondary N) is 2. The van der Waals surface area contributed by atoms with Crippen molar-refractivity contribution in [3.63, 3.8) is 0 Å². The summed E-state index contributed by atoms with van der Waals surface area (Å²) in [5.41, 5.74) is 1.89. The van der Waals surface area contributed by atoms with Crippen LogP contribution in [0.25, 0.3) is 21.8 Å². The molecule has 0 aliphatic carbocycles. The third-order valence-electron chi connectivity index (χ3n) is 4.16. The van der Waals surface area contributed by atoms with E-state index < -0.39 is 0 Å². The van der Waals surface area contributed by atoms with Crippen molar-refractivity contribution >= 4 is 27.7 Å². The molecule has 4 aromatic rings. The van der Waals surface area contributed by atoms with Crippen LogP contribution in [0.4, 0.5) is 4.39 Å². The van der Waals surface area contributed by atoms with Crippen molar-refractivity contribution in [3.05, 3.63) is 76.7 Å². The van der Waals surface area contributed by atoms with Gasteiger partial charge in [-0.05, 0) is 36.4 Å². The third kappa shape index (κ3) is 3.06. The molecule has 0 unspecified atom stereocenters. The van der Waals surface area contributed by atoms with Gasteiger partial charge in [-0.1, -0.05) is 12.1 Å². The van der Waals surface area contributed by atoms with Crippen LogP contribution in [-0.4, -0.2) is 20.4 Å². The number of nitrogens with zero attached hydrogens (tertiary/aromatic N) is 2. The molecular formula is C19H15FN4O2. The minimum absolute atomic E-state index is 0.120. The van der Waals surface area contributed by atoms with Gasteiger partial charge in [0.1, 0.15) is 12.4 Å². The number of rotatable bonds is 4. The van der Waals surface area contributed by atoms with E-state index in [1.165, 1.54) is 23.0 Å². The standard InChI is InChI=1S/C19H15FN4O2/c20-13-5-6-16-12(7-13)8-14(23-16)9-21-18(25)10-24-11-22-17-4-2-1-3-15(17)19(24)26/h1-8,11,23H,9-10H2,(H,21,25). The second-order valence-electron chi connectivity index (χ2n) is 6.00. The lowest BCUT2D eigenvalue weighted by atomic mass is 10.2. The summed E-state index contributed by atoms with van der Waals surface area (Å²) in [5, 5.41) is 3.96. The van der Waals surface area contributed by atoms with Gasteiger partial charge < -0.3 is 10.3 Å². The van der Waals surface area contributed by atoms with Crippen LogP contribution in [0.15, 0.2) is 59.7 Å². The molecule has 2 aromatic heterocycles. The number of H-pyrrole nitrogens is 1. The molecule has 0 aliphatic heterocycles. The van der Waals surface area contributed by atoms with Crippen LogP contribution in [0.3, 0.4) is 0 Å². The molecule has 6 nitrogen and oxygen atoms in total. The van der Waals surface area contributed by atoms with Gasteiger partial charge in [-0.25, -0.2) is 9.37 Å². The molecule has 2 N–H and O–H groups in total. The van der Waals surface area contributed by atoms with Crippen molar-refractivity contribution in [2.24, 2.45) is 0 Å². The first-order valence-corrected chi connectivity index (χ1v) is 8.08. The second-order valence-corrected chi connectivity index (χ2v) is 6.00. The van der Waals surface area contributed by atoms with E-state index in [1.54, 1.807) is 36.4 Å². The van der Waals surface area contributed by atoms with E-state index in [1.807, 2.05) is 0 Å². The van der Waals surface area contributed by atoms with E-state index in [9.17, 15) is 14.0 Å². The minimum atomic E-state index is -0.311. The maximum Gasteiger partial charge on any atom is 0.261 e. The van der Waals surface area contributed by atoms with Crippen LogP contribution in [-0.2, 0) is 17.9 Å². The topological polar surface area (TPSA) is 79.8 Å². The lowest BCUT2D eigenvalue weighted by Gasteiger charge is -2.07. The number of carbonyl (C=O) groups excluding carboxylic acids is 1. The first-order chi connectivity index (χ1) is 12.6. The molecule has 26 heavy (non-hydrogen) atoms. The quantitative estimate of drug-likeness (QED) is 0.593. The van der Waals surface area contributed by atoms with E-state index in [-0.39, 0.29) is 30.4 Å². The molecular weight excluding hydrogens is 335 g/mol. The SMILES string of the molecule is O=C(Cn1cnc2ccccc2c1=O)NCc1cc2cc(F)ccc2[nH]1. The van der Waals surface area contributed by atoms with Gasteiger partial charge in [0.15, 0.2) is 0 Å². The number of amides is 1. The van der Waals surface area contributed by atoms with Gasteiger partial charge in [-0.2, -0.15) is 0 Å². The van der Waals surface area contributed by atoms with Gasteiger partial charge in [0.05, 0.1) is 23.8 Å². The highest BCUT2D eigenvalue weighted by atomic mass is 19.1. The zero-order valence-corrected chi connectivity index (χ0v) is 13.7. The lowest BCUT2D eigenvalue weighted by molar-refractivity contribution is -0.121. The third-order valence-corrected chi connectivity index (χ3v) is 4.16. The molecule has 7 heteroatoms. The van der Waals surface area contributed by atoms with Gasteiger partial charge in [-0.3, -0.25) is 14.2 Å². The highest BCUT2D eigenvalue weighted by molar-refractivity contribution is 5.81. The van der Waals surface area contributed by atoms with Crippen molar-refractivity contribution in [1.29, 1.82) is 0 Å². The summed E-state index contributed by atoms with van der Waals surface area (Å²) in [6.45, 7) is 0.135. The van der Waals surface area contributed by atoms with Crippen LogP contribution in [0.1, 0.15) is 5.69 Å². The predicted octanol–water partition coefficient (Wildman–Crippen LogP) is 2.33. The van der Waals surface area contributed by atoms with Crippen LogP contribution in [0.2, 0.25) is 0 Å². The minimum Gasteiger partial charge on any atom is -0.357 e. The molecule has 1 amide bonds. The molecule has 0 fully saturated rings. The molecule has 0 atom stereocenters. The fourth-order valence-corrected chi connectivity index (χ4v) is 2.88. The Morgan fingerprint density at radius 3 is 2.92 bits per heavy atom. The van der Waals surface area contributed by atoms with E-state index >= 15 is 0 Å². The van der Waals surface area contributed by atoms with Gasteiger partial charge in [0.25, 0.3) is 5.56 Å². The van der Waals surface area contributed by atoms with Gasteiger partial charge in [-0.15, -0.1) is 0 Å². The number of carbonyl (C=O) groups is 1. The molecule has 4 rings (SSSR count). The molecule has 130 valence electrons. The number of para-hydroxylation sites is 1. The number of aromatic amines is 1. The van der Waals surface area contributed by atoms with E-state index in [0.717, 1.165) is 16.6 Å². The summed E-state index contributed by atoms with van der Waals surface area (Å²) in [4.78, 5) is 31.9. The molecule has 2 aromatic carbocycles. The molecule has 0 saturated carbocycles. The fraction of sp³-hybridized carbons (Fsp3) is 0.105. The first-order valence-electron chi connectivity index (χ1n) is 8.08. The Morgan fingerprint density at radius 1 is 1.19 bits per heavy atom. The number of aromatic nitrogens is 3. The summed E-state index contributed by atoms with van der Waals surface area (Å²) >= 11 is 0. The van der Waals surface area contributed by atoms with E-state index in [0.29, 0.717) is 10.9 Å². The van der Waals surface area contributed by atoms with Gasteiger partial charge in [0.2, 0.25) is 5.91 Å². The fourth-order valence-electron chi connectivity index (χ4n) is 2.88. The maximum atomic E-state index is 13.2. The van der Waals surface area contributed by atoms with Gasteiger partial charge in [0, 0.05) is 16.6 Å². The van der Waals surface area contributed by atoms with Crippen LogP contribution in [0, 0.1) is 5.82 Å². The molecule has 0 radical (unpaired) electrons. The van der Waals surface area contributed by atoms with Crippen molar-refractivity contribution in [2.45, 2.75) is 13.1 Å². The maximum absolute atomic E-state index is 13.2. The first kappa shape index (κ1) is 16.0. The highest BCUT2D eigenvalue weighted by Crippen LogP contribution is 2.16. The molecule has 0 bridgehead atoms. The Labute approximate surface area is 147 Å². The summed E-state index contributed by atoms with van der Waals surface area (Å²) in [6, 6.07) is 13.2. The number of fused-ring (bicyclic) bond motifs is 2. The summed E-state index contributed by atoms with van der Waals surface area (Å²) in [6.07, 6.45) is 1.37. The Bertz CT molecular complexity index is 1180. The Morgan fingerprint density at radius 2 is 2.04 bits per heavy atom. The molecule has 0 aliphatic rings. The number of hydrogen-bond acceptors (Lipinski definition) is 3.